The summed E-state index contributed by atoms with van der Waals surface area (Å²) in [5, 5.41) is 0. The number of halogens is 2. The minimum atomic E-state index is -2.50. The molecule has 0 aromatic carbocycles. The Kier molecular flexibility index (Phi) is 3.51. The molecule has 0 saturated carbocycles. The van der Waals surface area contributed by atoms with Crippen molar-refractivity contribution in [1.29, 1.82) is 0 Å². The van der Waals surface area contributed by atoms with Gasteiger partial charge in [-0.1, -0.05) is 26.3 Å². The fraction of sp³-hybridized carbons (Fsp3) is 0.818. The van der Waals surface area contributed by atoms with Crippen LogP contribution >= 0.6 is 0 Å². The largest absolute Gasteiger partial charge is 0.369 e. The molecule has 1 fully saturated rings. The van der Waals surface area contributed by atoms with Gasteiger partial charge in [0.25, 0.3) is 5.92 Å². The van der Waals surface area contributed by atoms with Crippen LogP contribution in [0.4, 0.5) is 8.78 Å². The van der Waals surface area contributed by atoms with Crippen LogP contribution in [0, 0.1) is 5.92 Å². The second kappa shape index (κ2) is 4.28. The lowest BCUT2D eigenvalue weighted by Crippen LogP contribution is -2.23. The number of allylic oxidation sites excluding steroid dienone is 1. The quantitative estimate of drug-likeness (QED) is 0.680. The normalized spacial score (nSPS) is 28.6. The first-order chi connectivity index (χ1) is 6.44. The maximum atomic E-state index is 13.0. The molecule has 0 radical (unpaired) electrons. The van der Waals surface area contributed by atoms with Crippen molar-refractivity contribution in [3.63, 3.8) is 0 Å². The number of likely N-dealkylation sites (tertiary alicyclic amines) is 1. The van der Waals surface area contributed by atoms with Gasteiger partial charge in [0.2, 0.25) is 0 Å². The van der Waals surface area contributed by atoms with Crippen molar-refractivity contribution >= 4 is 0 Å². The summed E-state index contributed by atoms with van der Waals surface area (Å²) in [6.07, 6.45) is 4.88. The molecule has 0 bridgehead atoms. The molecule has 14 heavy (non-hydrogen) atoms. The average Bonchev–Trinajstić information content (AvgIpc) is 2.35. The Morgan fingerprint density at radius 3 is 2.64 bits per heavy atom. The first-order valence-electron chi connectivity index (χ1n) is 5.26. The van der Waals surface area contributed by atoms with Crippen LogP contribution in [-0.2, 0) is 0 Å². The van der Waals surface area contributed by atoms with E-state index in [1.807, 2.05) is 19.2 Å². The summed E-state index contributed by atoms with van der Waals surface area (Å²) in [5.41, 5.74) is 0. The van der Waals surface area contributed by atoms with Gasteiger partial charge < -0.3 is 4.90 Å². The van der Waals surface area contributed by atoms with E-state index in [0.717, 1.165) is 6.42 Å². The number of rotatable bonds is 3. The minimum absolute atomic E-state index is 0.0160. The van der Waals surface area contributed by atoms with Crippen molar-refractivity contribution in [2.45, 2.75) is 45.6 Å². The lowest BCUT2D eigenvalue weighted by molar-refractivity contribution is 0.0155. The number of hydrogen-bond acceptors (Lipinski definition) is 1. The molecule has 1 aliphatic rings. The topological polar surface area (TPSA) is 3.24 Å². The van der Waals surface area contributed by atoms with E-state index < -0.39 is 5.92 Å². The molecule has 1 heterocycles. The van der Waals surface area contributed by atoms with Crippen LogP contribution in [-0.4, -0.2) is 23.4 Å². The smallest absolute Gasteiger partial charge is 0.267 e. The molecule has 0 amide bonds. The molecule has 0 aromatic heterocycles. The van der Waals surface area contributed by atoms with E-state index >= 15 is 0 Å². The Morgan fingerprint density at radius 2 is 2.21 bits per heavy atom. The molecule has 82 valence electrons. The predicted molar refractivity (Wildman–Crippen MR) is 54.3 cm³/mol. The summed E-state index contributed by atoms with van der Waals surface area (Å²) in [7, 11) is 0. The van der Waals surface area contributed by atoms with Crippen LogP contribution in [0.25, 0.3) is 0 Å². The van der Waals surface area contributed by atoms with Crippen molar-refractivity contribution in [3.8, 4) is 0 Å². The third kappa shape index (κ3) is 2.96. The van der Waals surface area contributed by atoms with Gasteiger partial charge in [0.05, 0.1) is 6.54 Å². The van der Waals surface area contributed by atoms with Crippen LogP contribution in [0.3, 0.4) is 0 Å². The summed E-state index contributed by atoms with van der Waals surface area (Å²) in [4.78, 5) is 1.74. The molecule has 1 nitrogen and oxygen atoms in total. The first-order valence-corrected chi connectivity index (χ1v) is 5.26. The SMILES string of the molecule is CC[C@H](C)/C=C/N1CC(F)(F)C[C@H]1C. The van der Waals surface area contributed by atoms with E-state index in [9.17, 15) is 8.78 Å². The Labute approximate surface area is 84.8 Å². The maximum Gasteiger partial charge on any atom is 0.267 e. The fourth-order valence-electron chi connectivity index (χ4n) is 1.63. The van der Waals surface area contributed by atoms with Crippen LogP contribution < -0.4 is 0 Å². The van der Waals surface area contributed by atoms with Gasteiger partial charge in [-0.15, -0.1) is 0 Å². The average molecular weight is 203 g/mol. The van der Waals surface area contributed by atoms with Gasteiger partial charge in [-0.05, 0) is 19.0 Å². The third-order valence-electron chi connectivity index (χ3n) is 2.82. The van der Waals surface area contributed by atoms with E-state index in [4.69, 9.17) is 0 Å². The van der Waals surface area contributed by atoms with Crippen molar-refractivity contribution in [3.05, 3.63) is 12.3 Å². The Balaban J connectivity index is 2.50. The Bertz CT molecular complexity index is 213. The Morgan fingerprint density at radius 1 is 1.57 bits per heavy atom. The molecular formula is C11H19F2N. The number of hydrogen-bond donors (Lipinski definition) is 0. The van der Waals surface area contributed by atoms with Gasteiger partial charge in [0, 0.05) is 12.5 Å². The zero-order chi connectivity index (χ0) is 10.8. The predicted octanol–water partition coefficient (Wildman–Crippen LogP) is 3.28. The van der Waals surface area contributed by atoms with Crippen LogP contribution in [0.1, 0.15) is 33.6 Å². The molecule has 1 aliphatic heterocycles. The summed E-state index contributed by atoms with van der Waals surface area (Å²) >= 11 is 0. The monoisotopic (exact) mass is 203 g/mol. The molecule has 0 spiro atoms. The second-order valence-electron chi connectivity index (χ2n) is 4.31. The zero-order valence-corrected chi connectivity index (χ0v) is 9.13. The first kappa shape index (κ1) is 11.5. The summed E-state index contributed by atoms with van der Waals surface area (Å²) in [6, 6.07) is -0.0368. The third-order valence-corrected chi connectivity index (χ3v) is 2.82. The highest BCUT2D eigenvalue weighted by Gasteiger charge is 2.41. The maximum absolute atomic E-state index is 13.0. The van der Waals surface area contributed by atoms with Crippen molar-refractivity contribution in [1.82, 2.24) is 4.90 Å². The minimum Gasteiger partial charge on any atom is -0.369 e. The van der Waals surface area contributed by atoms with Crippen molar-refractivity contribution in [2.75, 3.05) is 6.54 Å². The van der Waals surface area contributed by atoms with Crippen molar-refractivity contribution < 1.29 is 8.78 Å². The van der Waals surface area contributed by atoms with Crippen LogP contribution in [0.15, 0.2) is 12.3 Å². The fourth-order valence-corrected chi connectivity index (χ4v) is 1.63. The second-order valence-corrected chi connectivity index (χ2v) is 4.31. The highest BCUT2D eigenvalue weighted by atomic mass is 19.3. The summed E-state index contributed by atoms with van der Waals surface area (Å²) in [5.74, 6) is -2.03. The zero-order valence-electron chi connectivity index (χ0n) is 9.13. The van der Waals surface area contributed by atoms with Gasteiger partial charge in [0.1, 0.15) is 0 Å². The van der Waals surface area contributed by atoms with Crippen LogP contribution in [0.5, 0.6) is 0 Å². The molecule has 2 atom stereocenters. The summed E-state index contributed by atoms with van der Waals surface area (Å²) < 4.78 is 26.0. The molecule has 0 unspecified atom stereocenters. The van der Waals surface area contributed by atoms with E-state index in [-0.39, 0.29) is 19.0 Å². The highest BCUT2D eigenvalue weighted by Crippen LogP contribution is 2.31. The van der Waals surface area contributed by atoms with E-state index in [0.29, 0.717) is 5.92 Å². The molecule has 1 rings (SSSR count). The molecule has 0 aliphatic carbocycles. The van der Waals surface area contributed by atoms with Gasteiger partial charge in [-0.25, -0.2) is 8.78 Å². The van der Waals surface area contributed by atoms with E-state index in [1.54, 1.807) is 4.90 Å². The lowest BCUT2D eigenvalue weighted by Gasteiger charge is -2.18. The highest BCUT2D eigenvalue weighted by molar-refractivity contribution is 4.96. The molecular weight excluding hydrogens is 184 g/mol. The standard InChI is InChI=1S/C11H19F2N/c1-4-9(2)5-6-14-8-11(12,13)7-10(14)3/h5-6,9-10H,4,7-8H2,1-3H3/b6-5+/t9-,10+/m0/s1. The van der Waals surface area contributed by atoms with Gasteiger partial charge in [-0.2, -0.15) is 0 Å². The molecule has 0 aromatic rings. The van der Waals surface area contributed by atoms with Gasteiger partial charge in [0.15, 0.2) is 0 Å². The van der Waals surface area contributed by atoms with E-state index in [2.05, 4.69) is 13.8 Å². The summed E-state index contributed by atoms with van der Waals surface area (Å²) in [6.45, 7) is 5.91. The molecule has 3 heteroatoms. The molecule has 1 saturated heterocycles. The van der Waals surface area contributed by atoms with Gasteiger partial charge in [-0.3, -0.25) is 0 Å². The molecule has 0 N–H and O–H groups in total. The van der Waals surface area contributed by atoms with E-state index in [1.165, 1.54) is 0 Å². The Hall–Kier alpha value is -0.600. The van der Waals surface area contributed by atoms with Crippen molar-refractivity contribution in [2.24, 2.45) is 5.92 Å². The number of nitrogens with zero attached hydrogens (tertiary/aromatic N) is 1. The van der Waals surface area contributed by atoms with Crippen LogP contribution in [0.2, 0.25) is 0 Å². The van der Waals surface area contributed by atoms with Gasteiger partial charge >= 0.3 is 0 Å². The number of alkyl halides is 2. The lowest BCUT2D eigenvalue weighted by atomic mass is 10.1.